The molecule has 0 spiro atoms. The monoisotopic (exact) mass is 308 g/mol. The Labute approximate surface area is 130 Å². The lowest BCUT2D eigenvalue weighted by atomic mass is 9.82. The summed E-state index contributed by atoms with van der Waals surface area (Å²) in [7, 11) is 0. The average molecular weight is 308 g/mol. The molecule has 4 atom stereocenters. The van der Waals surface area contributed by atoms with Crippen LogP contribution < -0.4 is 10.6 Å². The van der Waals surface area contributed by atoms with Crippen LogP contribution in [-0.4, -0.2) is 24.8 Å². The molecule has 4 nitrogen and oxygen atoms in total. The molecule has 1 saturated heterocycles. The van der Waals surface area contributed by atoms with Crippen molar-refractivity contribution in [3.63, 3.8) is 0 Å². The molecule has 1 aromatic rings. The van der Waals surface area contributed by atoms with Crippen molar-refractivity contribution in [2.24, 2.45) is 5.92 Å². The molecular weight excluding hydrogens is 284 g/mol. The number of amides is 2. The molecule has 21 heavy (non-hydrogen) atoms. The third kappa shape index (κ3) is 3.40. The van der Waals surface area contributed by atoms with E-state index in [-0.39, 0.29) is 18.1 Å². The Balaban J connectivity index is 1.56. The van der Waals surface area contributed by atoms with Gasteiger partial charge in [0.2, 0.25) is 0 Å². The van der Waals surface area contributed by atoms with E-state index in [9.17, 15) is 4.79 Å². The average Bonchev–Trinajstić information content (AvgIpc) is 3.16. The third-order valence-electron chi connectivity index (χ3n) is 4.70. The number of rotatable bonds is 4. The molecule has 2 amide bonds. The van der Waals surface area contributed by atoms with Gasteiger partial charge in [0.25, 0.3) is 0 Å². The van der Waals surface area contributed by atoms with Crippen molar-refractivity contribution < 1.29 is 9.53 Å². The number of carbonyl (C=O) groups is 1. The van der Waals surface area contributed by atoms with Crippen molar-refractivity contribution in [2.45, 2.75) is 57.2 Å². The smallest absolute Gasteiger partial charge is 0.315 e. The van der Waals surface area contributed by atoms with Gasteiger partial charge in [-0.1, -0.05) is 13.0 Å². The molecule has 3 rings (SSSR count). The van der Waals surface area contributed by atoms with Crippen LogP contribution in [0.4, 0.5) is 4.79 Å². The van der Waals surface area contributed by atoms with Gasteiger partial charge in [-0.05, 0) is 43.6 Å². The standard InChI is InChI=1S/C16H24N2O2S/c1-2-12(15-7-4-10-21-15)17-16(19)18-13-5-3-6-14-11(13)8-9-20-14/h4,7,10-14H,2-3,5-6,8-9H2,1H3,(H2,17,18,19)/t11-,12-,13+,14+/m0/s1. The fourth-order valence-corrected chi connectivity index (χ4v) is 4.45. The summed E-state index contributed by atoms with van der Waals surface area (Å²) in [6, 6.07) is 4.47. The van der Waals surface area contributed by atoms with Crippen molar-refractivity contribution in [3.8, 4) is 0 Å². The first-order chi connectivity index (χ1) is 10.3. The van der Waals surface area contributed by atoms with Crippen LogP contribution in [0.15, 0.2) is 17.5 Å². The summed E-state index contributed by atoms with van der Waals surface area (Å²) in [5.41, 5.74) is 0. The van der Waals surface area contributed by atoms with E-state index in [1.165, 1.54) is 4.88 Å². The predicted molar refractivity (Wildman–Crippen MR) is 84.5 cm³/mol. The SMILES string of the molecule is CC[C@H](NC(=O)N[C@@H]1CCC[C@H]2OCC[C@@H]12)c1cccs1. The fourth-order valence-electron chi connectivity index (χ4n) is 3.59. The largest absolute Gasteiger partial charge is 0.378 e. The Hall–Kier alpha value is -1.07. The molecular formula is C16H24N2O2S. The van der Waals surface area contributed by atoms with Gasteiger partial charge in [-0.3, -0.25) is 0 Å². The third-order valence-corrected chi connectivity index (χ3v) is 5.68. The molecule has 116 valence electrons. The van der Waals surface area contributed by atoms with Gasteiger partial charge in [0.15, 0.2) is 0 Å². The van der Waals surface area contributed by atoms with Gasteiger partial charge < -0.3 is 15.4 Å². The van der Waals surface area contributed by atoms with E-state index in [1.54, 1.807) is 11.3 Å². The molecule has 2 aliphatic rings. The molecule has 2 N–H and O–H groups in total. The van der Waals surface area contributed by atoms with E-state index >= 15 is 0 Å². The molecule has 1 aromatic heterocycles. The zero-order valence-electron chi connectivity index (χ0n) is 12.5. The number of fused-ring (bicyclic) bond motifs is 1. The molecule has 0 bridgehead atoms. The van der Waals surface area contributed by atoms with Gasteiger partial charge in [-0.15, -0.1) is 11.3 Å². The minimum Gasteiger partial charge on any atom is -0.378 e. The van der Waals surface area contributed by atoms with Gasteiger partial charge >= 0.3 is 6.03 Å². The Morgan fingerprint density at radius 1 is 1.48 bits per heavy atom. The Bertz CT molecular complexity index is 463. The predicted octanol–water partition coefficient (Wildman–Crippen LogP) is 3.46. The molecule has 0 unspecified atom stereocenters. The second kappa shape index (κ2) is 6.79. The van der Waals surface area contributed by atoms with Crippen molar-refractivity contribution in [2.75, 3.05) is 6.61 Å². The maximum atomic E-state index is 12.3. The zero-order chi connectivity index (χ0) is 14.7. The quantitative estimate of drug-likeness (QED) is 0.895. The van der Waals surface area contributed by atoms with E-state index in [0.717, 1.165) is 38.7 Å². The van der Waals surface area contributed by atoms with Crippen LogP contribution in [0.5, 0.6) is 0 Å². The van der Waals surface area contributed by atoms with Crippen LogP contribution in [0.3, 0.4) is 0 Å². The normalized spacial score (nSPS) is 29.7. The lowest BCUT2D eigenvalue weighted by Crippen LogP contribution is -2.49. The Kier molecular flexibility index (Phi) is 4.80. The number of ether oxygens (including phenoxy) is 1. The number of thiophene rings is 1. The summed E-state index contributed by atoms with van der Waals surface area (Å²) in [6.07, 6.45) is 5.73. The summed E-state index contributed by atoms with van der Waals surface area (Å²) in [5.74, 6) is 0.506. The number of hydrogen-bond acceptors (Lipinski definition) is 3. The highest BCUT2D eigenvalue weighted by molar-refractivity contribution is 7.10. The molecule has 0 aromatic carbocycles. The van der Waals surface area contributed by atoms with Gasteiger partial charge in [0, 0.05) is 23.4 Å². The second-order valence-electron chi connectivity index (χ2n) is 5.99. The second-order valence-corrected chi connectivity index (χ2v) is 6.97. The lowest BCUT2D eigenvalue weighted by Gasteiger charge is -2.33. The number of nitrogens with one attached hydrogen (secondary N) is 2. The molecule has 1 saturated carbocycles. The molecule has 0 radical (unpaired) electrons. The van der Waals surface area contributed by atoms with Crippen LogP contribution in [-0.2, 0) is 4.74 Å². The number of hydrogen-bond donors (Lipinski definition) is 2. The van der Waals surface area contributed by atoms with Crippen LogP contribution >= 0.6 is 11.3 Å². The summed E-state index contributed by atoms with van der Waals surface area (Å²) >= 11 is 1.70. The Morgan fingerprint density at radius 2 is 2.38 bits per heavy atom. The van der Waals surface area contributed by atoms with Crippen molar-refractivity contribution in [1.82, 2.24) is 10.6 Å². The van der Waals surface area contributed by atoms with E-state index in [0.29, 0.717) is 12.0 Å². The van der Waals surface area contributed by atoms with Gasteiger partial charge in [-0.2, -0.15) is 0 Å². The minimum atomic E-state index is -0.0344. The molecule has 5 heteroatoms. The Morgan fingerprint density at radius 3 is 3.14 bits per heavy atom. The van der Waals surface area contributed by atoms with Gasteiger partial charge in [0.05, 0.1) is 12.1 Å². The highest BCUT2D eigenvalue weighted by Crippen LogP contribution is 2.34. The zero-order valence-corrected chi connectivity index (χ0v) is 13.3. The highest BCUT2D eigenvalue weighted by atomic mass is 32.1. The summed E-state index contributed by atoms with van der Waals surface area (Å²) in [4.78, 5) is 13.5. The van der Waals surface area contributed by atoms with E-state index in [4.69, 9.17) is 4.74 Å². The molecule has 2 fully saturated rings. The lowest BCUT2D eigenvalue weighted by molar-refractivity contribution is 0.0549. The van der Waals surface area contributed by atoms with Crippen molar-refractivity contribution in [1.29, 1.82) is 0 Å². The first kappa shape index (κ1) is 14.9. The van der Waals surface area contributed by atoms with Gasteiger partial charge in [0.1, 0.15) is 0 Å². The van der Waals surface area contributed by atoms with E-state index < -0.39 is 0 Å². The molecule has 1 aliphatic carbocycles. The summed E-state index contributed by atoms with van der Waals surface area (Å²) in [5, 5.41) is 8.36. The van der Waals surface area contributed by atoms with Crippen molar-refractivity contribution in [3.05, 3.63) is 22.4 Å². The van der Waals surface area contributed by atoms with E-state index in [2.05, 4.69) is 29.0 Å². The van der Waals surface area contributed by atoms with Crippen LogP contribution in [0.2, 0.25) is 0 Å². The topological polar surface area (TPSA) is 50.4 Å². The highest BCUT2D eigenvalue weighted by Gasteiger charge is 2.38. The minimum absolute atomic E-state index is 0.0344. The van der Waals surface area contributed by atoms with Crippen LogP contribution in [0, 0.1) is 5.92 Å². The van der Waals surface area contributed by atoms with Crippen molar-refractivity contribution >= 4 is 17.4 Å². The first-order valence-corrected chi connectivity index (χ1v) is 8.88. The molecule has 1 aliphatic heterocycles. The summed E-state index contributed by atoms with van der Waals surface area (Å²) in [6.45, 7) is 2.95. The van der Waals surface area contributed by atoms with E-state index in [1.807, 2.05) is 6.07 Å². The maximum Gasteiger partial charge on any atom is 0.315 e. The summed E-state index contributed by atoms with van der Waals surface area (Å²) < 4.78 is 5.76. The molecule has 2 heterocycles. The number of carbonyl (C=O) groups excluding carboxylic acids is 1. The maximum absolute atomic E-state index is 12.3. The number of urea groups is 1. The fraction of sp³-hybridized carbons (Fsp3) is 0.688. The first-order valence-electron chi connectivity index (χ1n) is 8.00. The van der Waals surface area contributed by atoms with Gasteiger partial charge in [-0.25, -0.2) is 4.79 Å². The van der Waals surface area contributed by atoms with Crippen LogP contribution in [0.25, 0.3) is 0 Å². The van der Waals surface area contributed by atoms with Crippen LogP contribution in [0.1, 0.15) is 49.9 Å².